The molecule has 6 N–H and O–H groups in total. The second kappa shape index (κ2) is 13.8. The number of aromatic nitrogens is 3. The second-order valence-corrected chi connectivity index (χ2v) is 14.9. The highest BCUT2D eigenvalue weighted by Crippen LogP contribution is 2.66. The van der Waals surface area contributed by atoms with Crippen molar-refractivity contribution in [1.82, 2.24) is 14.5 Å². The van der Waals surface area contributed by atoms with Crippen LogP contribution in [0.5, 0.6) is 0 Å². The van der Waals surface area contributed by atoms with E-state index in [9.17, 15) is 43.5 Å². The van der Waals surface area contributed by atoms with Crippen molar-refractivity contribution < 1.29 is 65.9 Å². The summed E-state index contributed by atoms with van der Waals surface area (Å²) in [5.41, 5.74) is 0.166. The normalized spacial score (nSPS) is 22.2. The first-order valence-electron chi connectivity index (χ1n) is 13.3. The number of benzene rings is 1. The molecule has 0 saturated carbocycles. The number of aliphatic hydroxyl groups excluding tert-OH is 1. The van der Waals surface area contributed by atoms with Crippen LogP contribution in [0.2, 0.25) is 0 Å². The highest BCUT2D eigenvalue weighted by molar-refractivity contribution is 7.66. The Hall–Kier alpha value is -2.67. The third kappa shape index (κ3) is 8.81. The Morgan fingerprint density at radius 2 is 1.83 bits per heavy atom. The Kier molecular flexibility index (Phi) is 10.9. The van der Waals surface area contributed by atoms with E-state index in [0.717, 1.165) is 0 Å². The van der Waals surface area contributed by atoms with Gasteiger partial charge in [0, 0.05) is 24.2 Å². The summed E-state index contributed by atoms with van der Waals surface area (Å²) in [5, 5.41) is 22.4. The van der Waals surface area contributed by atoms with Crippen molar-refractivity contribution in [2.24, 2.45) is 5.92 Å². The van der Waals surface area contributed by atoms with E-state index >= 15 is 0 Å². The number of H-pyrrole nitrogens is 1. The van der Waals surface area contributed by atoms with Gasteiger partial charge in [-0.2, -0.15) is 8.62 Å². The predicted molar refractivity (Wildman–Crippen MR) is 155 cm³/mol. The Balaban J connectivity index is 1.56. The molecule has 46 heavy (non-hydrogen) atoms. The molecule has 254 valence electrons. The molecule has 23 heteroatoms. The van der Waals surface area contributed by atoms with Crippen LogP contribution in [0.4, 0.5) is 5.69 Å². The topological polar surface area (TPSA) is 292 Å². The van der Waals surface area contributed by atoms with Gasteiger partial charge in [0.2, 0.25) is 0 Å². The van der Waals surface area contributed by atoms with E-state index in [1.54, 1.807) is 12.1 Å². The van der Waals surface area contributed by atoms with E-state index in [4.69, 9.17) is 19.3 Å². The number of para-hydroxylation sites is 1. The first-order chi connectivity index (χ1) is 21.3. The zero-order chi connectivity index (χ0) is 34.2. The van der Waals surface area contributed by atoms with E-state index in [-0.39, 0.29) is 41.5 Å². The fourth-order valence-electron chi connectivity index (χ4n) is 4.89. The fraction of sp³-hybridized carbons (Fsp3) is 0.478. The van der Waals surface area contributed by atoms with Crippen molar-refractivity contribution in [2.75, 3.05) is 6.61 Å². The van der Waals surface area contributed by atoms with Crippen LogP contribution in [-0.2, 0) is 42.9 Å². The average molecular weight is 712 g/mol. The molecule has 1 saturated heterocycles. The van der Waals surface area contributed by atoms with Crippen LogP contribution in [0.15, 0.2) is 35.3 Å². The number of phosphoric ester groups is 1. The van der Waals surface area contributed by atoms with Gasteiger partial charge in [-0.1, -0.05) is 26.0 Å². The molecule has 1 aliphatic heterocycles. The number of aryl methyl sites for hydroxylation is 1. The minimum absolute atomic E-state index is 0.116. The van der Waals surface area contributed by atoms with Crippen molar-refractivity contribution in [2.45, 2.75) is 58.3 Å². The molecule has 0 spiro atoms. The molecule has 1 aromatic carbocycles. The number of hydrogen-bond acceptors (Lipinski definition) is 13. The lowest BCUT2D eigenvalue weighted by Crippen LogP contribution is -2.26. The number of aromatic amines is 1. The molecular weight excluding hydrogens is 681 g/mol. The molecule has 0 radical (unpaired) electrons. The van der Waals surface area contributed by atoms with E-state index < -0.39 is 65.1 Å². The highest BCUT2D eigenvalue weighted by Gasteiger charge is 2.43. The first-order valence-corrected chi connectivity index (χ1v) is 17.9. The zero-order valence-electron chi connectivity index (χ0n) is 24.3. The van der Waals surface area contributed by atoms with Gasteiger partial charge in [-0.3, -0.25) is 19.4 Å². The van der Waals surface area contributed by atoms with Crippen molar-refractivity contribution in [3.63, 3.8) is 0 Å². The molecule has 2 aromatic heterocycles. The summed E-state index contributed by atoms with van der Waals surface area (Å²) in [7, 11) is -16.8. The van der Waals surface area contributed by atoms with Crippen LogP contribution in [0.25, 0.3) is 11.0 Å². The lowest BCUT2D eigenvalue weighted by molar-refractivity contribution is -0.386. The molecule has 0 amide bonds. The summed E-state index contributed by atoms with van der Waals surface area (Å²) >= 11 is 0. The Morgan fingerprint density at radius 1 is 1.15 bits per heavy atom. The van der Waals surface area contributed by atoms with Gasteiger partial charge >= 0.3 is 23.5 Å². The van der Waals surface area contributed by atoms with Crippen LogP contribution in [0.1, 0.15) is 49.6 Å². The van der Waals surface area contributed by atoms with Crippen LogP contribution in [0, 0.1) is 23.0 Å². The van der Waals surface area contributed by atoms with Crippen molar-refractivity contribution >= 4 is 40.2 Å². The minimum Gasteiger partial charge on any atom is -0.390 e. The number of nitrogens with zero attached hydrogens (tertiary/aromatic N) is 3. The average Bonchev–Trinajstić information content (AvgIpc) is 3.45. The molecule has 3 aromatic rings. The van der Waals surface area contributed by atoms with Gasteiger partial charge < -0.3 is 43.7 Å². The maximum absolute atomic E-state index is 13.0. The van der Waals surface area contributed by atoms with Crippen LogP contribution < -0.4 is 5.56 Å². The van der Waals surface area contributed by atoms with E-state index in [2.05, 4.69) is 23.1 Å². The largest absolute Gasteiger partial charge is 0.490 e. The Bertz CT molecular complexity index is 1810. The summed E-state index contributed by atoms with van der Waals surface area (Å²) in [4.78, 5) is 67.6. The van der Waals surface area contributed by atoms with Gasteiger partial charge in [0.15, 0.2) is 0 Å². The summed E-state index contributed by atoms with van der Waals surface area (Å²) in [6, 6.07) is 6.13. The summed E-state index contributed by atoms with van der Waals surface area (Å²) in [6.45, 7) is 4.09. The zero-order valence-corrected chi connectivity index (χ0v) is 27.0. The van der Waals surface area contributed by atoms with Crippen molar-refractivity contribution in [1.29, 1.82) is 0 Å². The standard InChI is InChI=1S/C23H31N4O16P3/c1-12(2)21(15-6-4-5-7-16(15)27(30)31)39-10-14-9-26(22-20(14)23(29)25-13(3)24-22)19-8-17(28)18(41-19)11-40-45(35,36)43-46(37,38)42-44(32,33)34/h4-7,9,12,17-19,21,28H,8,10-11H2,1-3H3,(H,35,36)(H,37,38)(H,24,25,29)(H2,32,33,34)/t17-,18-,19-,21?/m1/s1. The summed E-state index contributed by atoms with van der Waals surface area (Å²) in [6.07, 6.45) is -3.09. The molecule has 6 atom stereocenters. The number of ether oxygens (including phenoxy) is 2. The number of phosphoric acid groups is 3. The Morgan fingerprint density at radius 3 is 2.46 bits per heavy atom. The maximum atomic E-state index is 13.0. The van der Waals surface area contributed by atoms with Crippen LogP contribution in [-0.4, -0.2) is 63.0 Å². The number of nitro groups is 1. The van der Waals surface area contributed by atoms with Gasteiger partial charge in [0.05, 0.1) is 41.3 Å². The number of nitrogens with one attached hydrogen (secondary N) is 1. The van der Waals surface area contributed by atoms with Crippen LogP contribution >= 0.6 is 23.5 Å². The lowest BCUT2D eigenvalue weighted by Gasteiger charge is -2.21. The van der Waals surface area contributed by atoms with Gasteiger partial charge in [-0.15, -0.1) is 0 Å². The quantitative estimate of drug-likeness (QED) is 0.0795. The van der Waals surface area contributed by atoms with E-state index in [1.165, 1.54) is 29.8 Å². The molecule has 1 aliphatic rings. The van der Waals surface area contributed by atoms with Crippen molar-refractivity contribution in [3.8, 4) is 0 Å². The lowest BCUT2D eigenvalue weighted by atomic mass is 9.97. The molecule has 3 heterocycles. The molecule has 0 bridgehead atoms. The van der Waals surface area contributed by atoms with Gasteiger partial charge in [0.25, 0.3) is 11.2 Å². The number of fused-ring (bicyclic) bond motifs is 1. The maximum Gasteiger partial charge on any atom is 0.490 e. The summed E-state index contributed by atoms with van der Waals surface area (Å²) in [5.74, 6) is 0.0313. The van der Waals surface area contributed by atoms with Gasteiger partial charge in [-0.05, 0) is 18.9 Å². The van der Waals surface area contributed by atoms with Gasteiger partial charge in [-0.25, -0.2) is 18.7 Å². The predicted octanol–water partition coefficient (Wildman–Crippen LogP) is 2.85. The number of hydrogen-bond donors (Lipinski definition) is 6. The molecule has 1 fully saturated rings. The first kappa shape index (κ1) is 36.2. The highest BCUT2D eigenvalue weighted by atomic mass is 31.3. The molecule has 20 nitrogen and oxygen atoms in total. The third-order valence-corrected chi connectivity index (χ3v) is 10.5. The molecular formula is C23H31N4O16P3. The third-order valence-electron chi connectivity index (χ3n) is 6.68. The van der Waals surface area contributed by atoms with Gasteiger partial charge in [0.1, 0.15) is 23.8 Å². The molecule has 4 rings (SSSR count). The minimum atomic E-state index is -5.75. The fourth-order valence-corrected chi connectivity index (χ4v) is 7.92. The second-order valence-electron chi connectivity index (χ2n) is 10.5. The van der Waals surface area contributed by atoms with Crippen LogP contribution in [0.3, 0.4) is 0 Å². The van der Waals surface area contributed by atoms with E-state index in [0.29, 0.717) is 11.1 Å². The number of nitro benzene ring substituents is 1. The number of rotatable bonds is 14. The monoisotopic (exact) mass is 712 g/mol. The van der Waals surface area contributed by atoms with Crippen molar-refractivity contribution in [3.05, 3.63) is 67.9 Å². The smallest absolute Gasteiger partial charge is 0.390 e. The molecule has 3 unspecified atom stereocenters. The summed E-state index contributed by atoms with van der Waals surface area (Å²) < 4.78 is 59.8. The SMILES string of the molecule is Cc1nc2c(c(COC(c3ccccc3[N+](=O)[O-])C(C)C)cn2[C@H]2C[C@@H](O)[C@@H](COP(=O)(O)OP(=O)(O)OP(=O)(O)O)O2)c(=O)[nH]1. The number of aliphatic hydroxyl groups is 1. The Labute approximate surface area is 259 Å². The van der Waals surface area contributed by atoms with E-state index in [1.807, 2.05) is 13.8 Å². The molecule has 0 aliphatic carbocycles.